The fourth-order valence-corrected chi connectivity index (χ4v) is 4.04. The van der Waals surface area contributed by atoms with Crippen LogP contribution in [0.25, 0.3) is 0 Å². The van der Waals surface area contributed by atoms with Gasteiger partial charge in [0.1, 0.15) is 5.75 Å². The third kappa shape index (κ3) is 8.12. The number of phenols is 1. The van der Waals surface area contributed by atoms with Crippen molar-refractivity contribution < 1.29 is 29.3 Å². The van der Waals surface area contributed by atoms with Crippen LogP contribution < -0.4 is 10.6 Å². The molecule has 178 valence electrons. The van der Waals surface area contributed by atoms with Crippen LogP contribution in [-0.2, 0) is 14.3 Å². The lowest BCUT2D eigenvalue weighted by molar-refractivity contribution is -0.123. The van der Waals surface area contributed by atoms with Gasteiger partial charge in [-0.1, -0.05) is 0 Å². The van der Waals surface area contributed by atoms with Crippen LogP contribution in [0.1, 0.15) is 48.0 Å². The monoisotopic (exact) mass is 449 g/mol. The van der Waals surface area contributed by atoms with Gasteiger partial charge in [0.15, 0.2) is 0 Å². The minimum absolute atomic E-state index is 0.0668. The summed E-state index contributed by atoms with van der Waals surface area (Å²) in [6.45, 7) is 4.18. The molecule has 2 aliphatic rings. The number of aromatic hydroxyl groups is 1. The number of nitrogens with zero attached hydrogens (tertiary/aromatic N) is 1. The number of carbonyl (C=O) groups excluding carboxylic acids is 2. The van der Waals surface area contributed by atoms with Gasteiger partial charge < -0.3 is 25.6 Å². The normalized spacial score (nSPS) is 20.2. The molecule has 0 radical (unpaired) electrons. The number of ether oxygens (including phenoxy) is 1. The number of phenolic OH excluding ortho intramolecular Hbond substituents is 1. The molecule has 9 heteroatoms. The largest absolute Gasteiger partial charge is 0.508 e. The molecule has 1 saturated heterocycles. The molecule has 0 spiro atoms. The maximum absolute atomic E-state index is 12.5. The molecule has 32 heavy (non-hydrogen) atoms. The molecular weight excluding hydrogens is 414 g/mol. The Labute approximate surface area is 189 Å². The zero-order valence-electron chi connectivity index (χ0n) is 18.9. The number of amides is 2. The van der Waals surface area contributed by atoms with Crippen LogP contribution >= 0.6 is 0 Å². The highest BCUT2D eigenvalue weighted by Crippen LogP contribution is 2.35. The molecule has 0 bridgehead atoms. The highest BCUT2D eigenvalue weighted by molar-refractivity contribution is 5.94. The summed E-state index contributed by atoms with van der Waals surface area (Å²) in [5.74, 6) is 0.863. The van der Waals surface area contributed by atoms with E-state index in [1.54, 1.807) is 32.2 Å². The summed E-state index contributed by atoms with van der Waals surface area (Å²) < 4.78 is 4.99. The Morgan fingerprint density at radius 3 is 2.50 bits per heavy atom. The van der Waals surface area contributed by atoms with Crippen molar-refractivity contribution in [3.63, 3.8) is 0 Å². The summed E-state index contributed by atoms with van der Waals surface area (Å²) in [6.07, 6.45) is 4.98. The molecule has 1 aliphatic carbocycles. The SMILES string of the molecule is COCCNC(=O)C[C@H]1CC[C@@H](CNC(=O)c2ccc(O)c(C)c2)N1CC1CC1.O=CO. The summed E-state index contributed by atoms with van der Waals surface area (Å²) in [5.41, 5.74) is 1.24. The highest BCUT2D eigenvalue weighted by Gasteiger charge is 2.38. The molecule has 1 saturated carbocycles. The molecule has 9 nitrogen and oxygen atoms in total. The summed E-state index contributed by atoms with van der Waals surface area (Å²) in [5, 5.41) is 22.5. The molecule has 2 fully saturated rings. The quantitative estimate of drug-likeness (QED) is 0.315. The summed E-state index contributed by atoms with van der Waals surface area (Å²) in [6, 6.07) is 5.39. The molecule has 2 amide bonds. The van der Waals surface area contributed by atoms with Gasteiger partial charge in [0, 0.05) is 50.8 Å². The summed E-state index contributed by atoms with van der Waals surface area (Å²) in [7, 11) is 1.62. The third-order valence-corrected chi connectivity index (χ3v) is 5.94. The molecule has 1 heterocycles. The Bertz CT molecular complexity index is 768. The number of likely N-dealkylation sites (tertiary alicyclic amines) is 1. The molecular formula is C23H35N3O6. The minimum atomic E-state index is -0.250. The molecule has 4 N–H and O–H groups in total. The number of aryl methyl sites for hydroxylation is 1. The van der Waals surface area contributed by atoms with Crippen molar-refractivity contribution >= 4 is 18.3 Å². The van der Waals surface area contributed by atoms with Gasteiger partial charge in [-0.2, -0.15) is 0 Å². The Balaban J connectivity index is 0.00000114. The topological polar surface area (TPSA) is 128 Å². The van der Waals surface area contributed by atoms with E-state index >= 15 is 0 Å². The summed E-state index contributed by atoms with van der Waals surface area (Å²) in [4.78, 5) is 35.6. The molecule has 1 aromatic carbocycles. The maximum Gasteiger partial charge on any atom is 0.290 e. The van der Waals surface area contributed by atoms with Crippen LogP contribution in [0.2, 0.25) is 0 Å². The first kappa shape index (κ1) is 25.6. The molecule has 1 aliphatic heterocycles. The van der Waals surface area contributed by atoms with Gasteiger partial charge in [0.25, 0.3) is 12.4 Å². The zero-order valence-corrected chi connectivity index (χ0v) is 18.9. The third-order valence-electron chi connectivity index (χ3n) is 5.94. The maximum atomic E-state index is 12.5. The Kier molecular flexibility index (Phi) is 10.4. The van der Waals surface area contributed by atoms with Gasteiger partial charge in [0.05, 0.1) is 6.61 Å². The van der Waals surface area contributed by atoms with Crippen molar-refractivity contribution in [2.45, 2.75) is 51.1 Å². The number of methoxy groups -OCH3 is 1. The van der Waals surface area contributed by atoms with Crippen molar-refractivity contribution in [2.24, 2.45) is 5.92 Å². The van der Waals surface area contributed by atoms with E-state index in [0.29, 0.717) is 37.2 Å². The highest BCUT2D eigenvalue weighted by atomic mass is 16.5. The van der Waals surface area contributed by atoms with Gasteiger partial charge in [-0.3, -0.25) is 19.3 Å². The zero-order chi connectivity index (χ0) is 23.5. The molecule has 2 atom stereocenters. The van der Waals surface area contributed by atoms with Gasteiger partial charge in [-0.05, 0) is 62.3 Å². The van der Waals surface area contributed by atoms with Crippen molar-refractivity contribution in [1.29, 1.82) is 0 Å². The second-order valence-electron chi connectivity index (χ2n) is 8.39. The Morgan fingerprint density at radius 1 is 1.19 bits per heavy atom. The van der Waals surface area contributed by atoms with Crippen LogP contribution in [0.15, 0.2) is 18.2 Å². The first-order valence-electron chi connectivity index (χ1n) is 11.1. The van der Waals surface area contributed by atoms with Gasteiger partial charge in [-0.25, -0.2) is 0 Å². The Hall–Kier alpha value is -2.65. The lowest BCUT2D eigenvalue weighted by Crippen LogP contribution is -2.45. The summed E-state index contributed by atoms with van der Waals surface area (Å²) >= 11 is 0. The van der Waals surface area contributed by atoms with Gasteiger partial charge >= 0.3 is 0 Å². The second-order valence-corrected chi connectivity index (χ2v) is 8.39. The average molecular weight is 450 g/mol. The van der Waals surface area contributed by atoms with Gasteiger partial charge in [-0.15, -0.1) is 0 Å². The molecule has 3 rings (SSSR count). The van der Waals surface area contributed by atoms with E-state index < -0.39 is 0 Å². The van der Waals surface area contributed by atoms with Crippen molar-refractivity contribution in [1.82, 2.24) is 15.5 Å². The Morgan fingerprint density at radius 2 is 1.88 bits per heavy atom. The number of hydrogen-bond donors (Lipinski definition) is 4. The fourth-order valence-electron chi connectivity index (χ4n) is 4.04. The van der Waals surface area contributed by atoms with Crippen molar-refractivity contribution in [3.8, 4) is 5.75 Å². The van der Waals surface area contributed by atoms with Crippen LogP contribution in [-0.4, -0.2) is 78.8 Å². The smallest absolute Gasteiger partial charge is 0.290 e. The van der Waals surface area contributed by atoms with E-state index in [1.807, 2.05) is 0 Å². The average Bonchev–Trinajstić information content (AvgIpc) is 3.51. The van der Waals surface area contributed by atoms with E-state index in [1.165, 1.54) is 12.8 Å². The van der Waals surface area contributed by atoms with Crippen LogP contribution in [0.5, 0.6) is 5.75 Å². The number of carboxylic acid groups (broad SMARTS) is 1. The van der Waals surface area contributed by atoms with Crippen LogP contribution in [0, 0.1) is 12.8 Å². The number of benzene rings is 1. The molecule has 0 aromatic heterocycles. The second kappa shape index (κ2) is 13.0. The standard InChI is InChI=1S/C22H33N3O4.CH2O2/c1-15-11-17(5-8-20(15)26)22(28)24-13-19-7-6-18(25(19)14-16-3-4-16)12-21(27)23-9-10-29-2;2-1-3/h5,8,11,16,18-19,26H,3-4,6-7,9-10,12-14H2,1-2H3,(H,23,27)(H,24,28);1H,(H,2,3)/t18-,19+;/m1./s1. The molecule has 1 aromatic rings. The van der Waals surface area contributed by atoms with E-state index in [4.69, 9.17) is 14.6 Å². The number of hydrogen-bond acceptors (Lipinski definition) is 6. The van der Waals surface area contributed by atoms with E-state index in [0.717, 1.165) is 25.3 Å². The number of nitrogens with one attached hydrogen (secondary N) is 2. The van der Waals surface area contributed by atoms with Crippen molar-refractivity contribution in [3.05, 3.63) is 29.3 Å². The minimum Gasteiger partial charge on any atom is -0.508 e. The lowest BCUT2D eigenvalue weighted by Gasteiger charge is -2.30. The van der Waals surface area contributed by atoms with Gasteiger partial charge in [0.2, 0.25) is 5.91 Å². The fraction of sp³-hybridized carbons (Fsp3) is 0.609. The first-order valence-corrected chi connectivity index (χ1v) is 11.1. The number of rotatable bonds is 10. The van der Waals surface area contributed by atoms with E-state index in [2.05, 4.69) is 15.5 Å². The van der Waals surface area contributed by atoms with E-state index in [-0.39, 0.29) is 36.1 Å². The van der Waals surface area contributed by atoms with Crippen LogP contribution in [0.4, 0.5) is 0 Å². The first-order chi connectivity index (χ1) is 15.4. The van der Waals surface area contributed by atoms with E-state index in [9.17, 15) is 14.7 Å². The lowest BCUT2D eigenvalue weighted by atomic mass is 10.1. The van der Waals surface area contributed by atoms with Crippen molar-refractivity contribution in [2.75, 3.05) is 33.4 Å². The van der Waals surface area contributed by atoms with Crippen LogP contribution in [0.3, 0.4) is 0 Å². The predicted octanol–water partition coefficient (Wildman–Crippen LogP) is 1.53. The molecule has 0 unspecified atom stereocenters. The number of carbonyl (C=O) groups is 3. The predicted molar refractivity (Wildman–Crippen MR) is 120 cm³/mol.